The van der Waals surface area contributed by atoms with E-state index >= 15 is 0 Å². The largest absolute Gasteiger partial charge is 0.382 e. The molecule has 0 amide bonds. The molecule has 0 aliphatic carbocycles. The zero-order chi connectivity index (χ0) is 12.4. The van der Waals surface area contributed by atoms with Gasteiger partial charge in [-0.05, 0) is 56.6 Å². The Kier molecular flexibility index (Phi) is 3.15. The molecule has 0 radical (unpaired) electrons. The van der Waals surface area contributed by atoms with Crippen LogP contribution in [-0.2, 0) is 0 Å². The fraction of sp³-hybridized carbons (Fsp3) is 0.400. The lowest BCUT2D eigenvalue weighted by Gasteiger charge is -2.30. The molecule has 3 heteroatoms. The van der Waals surface area contributed by atoms with Crippen LogP contribution in [0, 0.1) is 0 Å². The van der Waals surface area contributed by atoms with Crippen LogP contribution in [0.5, 0.6) is 0 Å². The number of hydrogen-bond acceptors (Lipinski definition) is 3. The minimum absolute atomic E-state index is 0.612. The smallest absolute Gasteiger partial charge is 0.0348 e. The molecule has 0 atom stereocenters. The molecule has 1 fully saturated rings. The highest BCUT2D eigenvalue weighted by molar-refractivity contribution is 5.84. The Labute approximate surface area is 108 Å². The number of nitrogens with zero attached hydrogens (tertiary/aromatic N) is 2. The molecule has 0 bridgehead atoms. The highest BCUT2D eigenvalue weighted by Gasteiger charge is 2.16. The van der Waals surface area contributed by atoms with Crippen molar-refractivity contribution in [2.75, 3.05) is 25.5 Å². The summed E-state index contributed by atoms with van der Waals surface area (Å²) in [6.45, 7) is 2.38. The van der Waals surface area contributed by atoms with Gasteiger partial charge in [0, 0.05) is 29.5 Å². The highest BCUT2D eigenvalue weighted by Crippen LogP contribution is 2.20. The fourth-order valence-corrected chi connectivity index (χ4v) is 2.56. The third-order valence-electron chi connectivity index (χ3n) is 3.73. The number of nitrogens with one attached hydrogen (secondary N) is 1. The molecule has 2 heterocycles. The maximum Gasteiger partial charge on any atom is 0.0348 e. The van der Waals surface area contributed by atoms with Crippen molar-refractivity contribution in [1.82, 2.24) is 9.88 Å². The molecule has 0 unspecified atom stereocenters. The van der Waals surface area contributed by atoms with E-state index in [1.165, 1.54) is 42.4 Å². The summed E-state index contributed by atoms with van der Waals surface area (Å²) in [5.41, 5.74) is 1.23. The predicted molar refractivity (Wildman–Crippen MR) is 75.9 cm³/mol. The van der Waals surface area contributed by atoms with Crippen molar-refractivity contribution >= 4 is 16.5 Å². The summed E-state index contributed by atoms with van der Waals surface area (Å²) in [6, 6.07) is 9.19. The predicted octanol–water partition coefficient (Wildman–Crippen LogP) is 2.74. The van der Waals surface area contributed by atoms with E-state index in [4.69, 9.17) is 0 Å². The van der Waals surface area contributed by atoms with Crippen LogP contribution in [0.3, 0.4) is 0 Å². The van der Waals surface area contributed by atoms with Crippen LogP contribution in [0.2, 0.25) is 0 Å². The van der Waals surface area contributed by atoms with Crippen LogP contribution < -0.4 is 5.32 Å². The first-order valence-electron chi connectivity index (χ1n) is 6.60. The summed E-state index contributed by atoms with van der Waals surface area (Å²) in [7, 11) is 2.19. The first-order chi connectivity index (χ1) is 8.81. The van der Waals surface area contributed by atoms with E-state index in [9.17, 15) is 0 Å². The molecule has 0 spiro atoms. The van der Waals surface area contributed by atoms with E-state index < -0.39 is 0 Å². The Balaban J connectivity index is 1.74. The van der Waals surface area contributed by atoms with Crippen molar-refractivity contribution in [3.63, 3.8) is 0 Å². The number of likely N-dealkylation sites (tertiary alicyclic amines) is 1. The second-order valence-electron chi connectivity index (χ2n) is 5.16. The number of rotatable bonds is 2. The molecule has 1 saturated heterocycles. The van der Waals surface area contributed by atoms with Gasteiger partial charge in [0.25, 0.3) is 0 Å². The third kappa shape index (κ3) is 2.46. The molecule has 1 aromatic heterocycles. The number of anilines is 1. The average Bonchev–Trinajstić information content (AvgIpc) is 2.41. The van der Waals surface area contributed by atoms with Crippen LogP contribution in [0.15, 0.2) is 36.7 Å². The van der Waals surface area contributed by atoms with Gasteiger partial charge in [-0.25, -0.2) is 0 Å². The van der Waals surface area contributed by atoms with Crippen LogP contribution in [-0.4, -0.2) is 36.1 Å². The van der Waals surface area contributed by atoms with Gasteiger partial charge in [0.2, 0.25) is 0 Å². The van der Waals surface area contributed by atoms with E-state index in [2.05, 4.69) is 46.5 Å². The summed E-state index contributed by atoms with van der Waals surface area (Å²) >= 11 is 0. The van der Waals surface area contributed by atoms with E-state index in [1.54, 1.807) is 0 Å². The zero-order valence-corrected chi connectivity index (χ0v) is 10.8. The van der Waals surface area contributed by atoms with Crippen LogP contribution in [0.25, 0.3) is 10.8 Å². The second-order valence-corrected chi connectivity index (χ2v) is 5.16. The van der Waals surface area contributed by atoms with E-state index in [0.29, 0.717) is 6.04 Å². The monoisotopic (exact) mass is 241 g/mol. The molecule has 2 aromatic rings. The van der Waals surface area contributed by atoms with Crippen molar-refractivity contribution in [3.8, 4) is 0 Å². The number of aromatic nitrogens is 1. The first-order valence-corrected chi connectivity index (χ1v) is 6.60. The van der Waals surface area contributed by atoms with Crippen LogP contribution in [0.1, 0.15) is 12.8 Å². The zero-order valence-electron chi connectivity index (χ0n) is 10.8. The van der Waals surface area contributed by atoms with E-state index in [0.717, 1.165) is 0 Å². The van der Waals surface area contributed by atoms with E-state index in [1.807, 2.05) is 12.4 Å². The van der Waals surface area contributed by atoms with Gasteiger partial charge in [0.05, 0.1) is 0 Å². The Hall–Kier alpha value is -1.61. The lowest BCUT2D eigenvalue weighted by atomic mass is 10.0. The molecule has 1 aliphatic rings. The Bertz CT molecular complexity index is 530. The summed E-state index contributed by atoms with van der Waals surface area (Å²) in [5, 5.41) is 6.10. The number of fused-ring (bicyclic) bond motifs is 1. The van der Waals surface area contributed by atoms with Gasteiger partial charge in [-0.2, -0.15) is 0 Å². The van der Waals surface area contributed by atoms with Gasteiger partial charge < -0.3 is 10.2 Å². The fourth-order valence-electron chi connectivity index (χ4n) is 2.56. The molecular formula is C15H19N3. The minimum atomic E-state index is 0.612. The molecular weight excluding hydrogens is 222 g/mol. The SMILES string of the molecule is CN1CCC(Nc2ccc3cnccc3c2)CC1. The first kappa shape index (κ1) is 11.5. The van der Waals surface area contributed by atoms with Crippen molar-refractivity contribution < 1.29 is 0 Å². The third-order valence-corrected chi connectivity index (χ3v) is 3.73. The molecule has 94 valence electrons. The Morgan fingerprint density at radius 1 is 1.17 bits per heavy atom. The summed E-state index contributed by atoms with van der Waals surface area (Å²) in [4.78, 5) is 6.53. The van der Waals surface area contributed by atoms with Crippen LogP contribution in [0.4, 0.5) is 5.69 Å². The molecule has 1 N–H and O–H groups in total. The molecule has 3 nitrogen and oxygen atoms in total. The van der Waals surface area contributed by atoms with Gasteiger partial charge in [0.15, 0.2) is 0 Å². The lowest BCUT2D eigenvalue weighted by molar-refractivity contribution is 0.264. The lowest BCUT2D eigenvalue weighted by Crippen LogP contribution is -2.36. The quantitative estimate of drug-likeness (QED) is 0.876. The normalized spacial score (nSPS) is 18.1. The van der Waals surface area contributed by atoms with Crippen molar-refractivity contribution in [1.29, 1.82) is 0 Å². The summed E-state index contributed by atoms with van der Waals surface area (Å²) < 4.78 is 0. The molecule has 1 aliphatic heterocycles. The van der Waals surface area contributed by atoms with Gasteiger partial charge in [-0.3, -0.25) is 4.98 Å². The minimum Gasteiger partial charge on any atom is -0.382 e. The molecule has 3 rings (SSSR count). The molecule has 18 heavy (non-hydrogen) atoms. The van der Waals surface area contributed by atoms with Crippen LogP contribution >= 0.6 is 0 Å². The van der Waals surface area contributed by atoms with E-state index in [-0.39, 0.29) is 0 Å². The van der Waals surface area contributed by atoms with Crippen molar-refractivity contribution in [2.24, 2.45) is 0 Å². The summed E-state index contributed by atoms with van der Waals surface area (Å²) in [6.07, 6.45) is 6.21. The van der Waals surface area contributed by atoms with Crippen molar-refractivity contribution in [3.05, 3.63) is 36.7 Å². The Morgan fingerprint density at radius 3 is 2.83 bits per heavy atom. The summed E-state index contributed by atoms with van der Waals surface area (Å²) in [5.74, 6) is 0. The number of hydrogen-bond donors (Lipinski definition) is 1. The van der Waals surface area contributed by atoms with Gasteiger partial charge >= 0.3 is 0 Å². The Morgan fingerprint density at radius 2 is 2.00 bits per heavy atom. The second kappa shape index (κ2) is 4.94. The van der Waals surface area contributed by atoms with Gasteiger partial charge in [0.1, 0.15) is 0 Å². The number of piperidine rings is 1. The number of benzene rings is 1. The maximum absolute atomic E-state index is 4.14. The average molecular weight is 241 g/mol. The molecule has 0 saturated carbocycles. The van der Waals surface area contributed by atoms with Gasteiger partial charge in [-0.15, -0.1) is 0 Å². The molecule has 1 aromatic carbocycles. The van der Waals surface area contributed by atoms with Crippen molar-refractivity contribution in [2.45, 2.75) is 18.9 Å². The number of pyridine rings is 1. The standard InChI is InChI=1S/C15H19N3/c1-18-8-5-14(6-9-18)17-15-3-2-13-11-16-7-4-12(13)10-15/h2-4,7,10-11,14,17H,5-6,8-9H2,1H3. The maximum atomic E-state index is 4.14. The highest BCUT2D eigenvalue weighted by atomic mass is 15.1. The topological polar surface area (TPSA) is 28.2 Å². The van der Waals surface area contributed by atoms with Gasteiger partial charge in [-0.1, -0.05) is 6.07 Å².